The summed E-state index contributed by atoms with van der Waals surface area (Å²) in [7, 11) is 0. The summed E-state index contributed by atoms with van der Waals surface area (Å²) in [6.45, 7) is 4.36. The van der Waals surface area contributed by atoms with E-state index in [0.717, 1.165) is 43.3 Å². The van der Waals surface area contributed by atoms with Crippen LogP contribution in [0, 0.1) is 12.8 Å². The smallest absolute Gasteiger partial charge is 0.226 e. The average Bonchev–Trinajstić information content (AvgIpc) is 2.95. The maximum Gasteiger partial charge on any atom is 0.226 e. The van der Waals surface area contributed by atoms with Crippen molar-refractivity contribution in [3.63, 3.8) is 0 Å². The van der Waals surface area contributed by atoms with Gasteiger partial charge in [0.05, 0.1) is 0 Å². The number of piperidine rings is 1. The van der Waals surface area contributed by atoms with E-state index in [9.17, 15) is 0 Å². The van der Waals surface area contributed by atoms with Gasteiger partial charge in [0.15, 0.2) is 0 Å². The molecule has 3 rings (SSSR count). The van der Waals surface area contributed by atoms with Crippen LogP contribution >= 0.6 is 0 Å². The highest BCUT2D eigenvalue weighted by Gasteiger charge is 2.15. The Balaban J connectivity index is 1.61. The van der Waals surface area contributed by atoms with Gasteiger partial charge in [0.1, 0.15) is 0 Å². The molecule has 1 aromatic carbocycles. The fourth-order valence-corrected chi connectivity index (χ4v) is 2.76. The Kier molecular flexibility index (Phi) is 4.11. The van der Waals surface area contributed by atoms with Crippen molar-refractivity contribution in [3.8, 4) is 11.4 Å². The molecule has 1 unspecified atom stereocenters. The van der Waals surface area contributed by atoms with Crippen LogP contribution in [0.5, 0.6) is 0 Å². The minimum atomic E-state index is 0.700. The molecule has 4 nitrogen and oxygen atoms in total. The van der Waals surface area contributed by atoms with Crippen molar-refractivity contribution < 1.29 is 4.52 Å². The molecule has 1 aliphatic heterocycles. The first-order valence-corrected chi connectivity index (χ1v) is 7.41. The van der Waals surface area contributed by atoms with Crippen molar-refractivity contribution in [1.29, 1.82) is 0 Å². The molecule has 0 spiro atoms. The van der Waals surface area contributed by atoms with E-state index in [1.807, 2.05) is 12.1 Å². The lowest BCUT2D eigenvalue weighted by Gasteiger charge is -2.21. The minimum absolute atomic E-state index is 0.700. The van der Waals surface area contributed by atoms with Crippen LogP contribution in [0.1, 0.15) is 30.7 Å². The van der Waals surface area contributed by atoms with Gasteiger partial charge in [-0.15, -0.1) is 0 Å². The number of rotatable bonds is 4. The highest BCUT2D eigenvalue weighted by Crippen LogP contribution is 2.20. The largest absolute Gasteiger partial charge is 0.339 e. The Bertz CT molecular complexity index is 558. The lowest BCUT2D eigenvalue weighted by Crippen LogP contribution is -2.29. The quantitative estimate of drug-likeness (QED) is 0.928. The van der Waals surface area contributed by atoms with Crippen LogP contribution in [0.25, 0.3) is 11.4 Å². The van der Waals surface area contributed by atoms with Crippen LogP contribution in [0.3, 0.4) is 0 Å². The summed E-state index contributed by atoms with van der Waals surface area (Å²) in [5.41, 5.74) is 2.24. The zero-order chi connectivity index (χ0) is 13.8. The predicted molar refractivity (Wildman–Crippen MR) is 78.4 cm³/mol. The molecule has 2 aromatic rings. The van der Waals surface area contributed by atoms with E-state index in [1.165, 1.54) is 18.4 Å². The van der Waals surface area contributed by atoms with Crippen LogP contribution in [0.15, 0.2) is 28.8 Å². The van der Waals surface area contributed by atoms with Crippen molar-refractivity contribution in [1.82, 2.24) is 15.5 Å². The zero-order valence-corrected chi connectivity index (χ0v) is 11.9. The van der Waals surface area contributed by atoms with Crippen molar-refractivity contribution in [2.24, 2.45) is 5.92 Å². The maximum atomic E-state index is 5.37. The Hall–Kier alpha value is -1.68. The molecular weight excluding hydrogens is 250 g/mol. The van der Waals surface area contributed by atoms with E-state index in [-0.39, 0.29) is 0 Å². The number of hydrogen-bond acceptors (Lipinski definition) is 4. The zero-order valence-electron chi connectivity index (χ0n) is 11.9. The molecule has 4 heteroatoms. The summed E-state index contributed by atoms with van der Waals surface area (Å²) in [4.78, 5) is 4.51. The van der Waals surface area contributed by atoms with Gasteiger partial charge in [0, 0.05) is 12.0 Å². The first kappa shape index (κ1) is 13.3. The number of nitrogens with zero attached hydrogens (tertiary/aromatic N) is 2. The lowest BCUT2D eigenvalue weighted by molar-refractivity contribution is 0.327. The first-order chi connectivity index (χ1) is 9.81. The molecule has 1 aliphatic rings. The number of aryl methyl sites for hydroxylation is 2. The second kappa shape index (κ2) is 6.18. The third-order valence-corrected chi connectivity index (χ3v) is 3.91. The van der Waals surface area contributed by atoms with Crippen LogP contribution in [0.2, 0.25) is 0 Å². The summed E-state index contributed by atoms with van der Waals surface area (Å²) in [6.07, 6.45) is 4.60. The molecule has 0 radical (unpaired) electrons. The van der Waals surface area contributed by atoms with Gasteiger partial charge < -0.3 is 9.84 Å². The normalized spacial score (nSPS) is 19.1. The molecule has 1 saturated heterocycles. The molecule has 1 N–H and O–H groups in total. The Morgan fingerprint density at radius 1 is 1.40 bits per heavy atom. The van der Waals surface area contributed by atoms with Crippen molar-refractivity contribution in [2.75, 3.05) is 13.1 Å². The third-order valence-electron chi connectivity index (χ3n) is 3.91. The first-order valence-electron chi connectivity index (χ1n) is 7.41. The topological polar surface area (TPSA) is 51.0 Å². The molecule has 2 heterocycles. The van der Waals surface area contributed by atoms with E-state index in [1.54, 1.807) is 0 Å². The van der Waals surface area contributed by atoms with Gasteiger partial charge in [-0.2, -0.15) is 4.98 Å². The van der Waals surface area contributed by atoms with Crippen LogP contribution in [0.4, 0.5) is 0 Å². The fraction of sp³-hybridized carbons (Fsp3) is 0.500. The van der Waals surface area contributed by atoms with E-state index in [2.05, 4.69) is 34.5 Å². The van der Waals surface area contributed by atoms with Crippen LogP contribution in [-0.2, 0) is 6.42 Å². The van der Waals surface area contributed by atoms with Crippen LogP contribution in [-0.4, -0.2) is 23.2 Å². The maximum absolute atomic E-state index is 5.37. The summed E-state index contributed by atoms with van der Waals surface area (Å²) in [6, 6.07) is 8.20. The number of nitrogens with one attached hydrogen (secondary N) is 1. The summed E-state index contributed by atoms with van der Waals surface area (Å²) < 4.78 is 5.37. The molecule has 1 aromatic heterocycles. The second-order valence-corrected chi connectivity index (χ2v) is 5.63. The standard InChI is InChI=1S/C16H21N3O/c1-12-4-2-6-14(10-12)16-18-15(20-19-16)8-7-13-5-3-9-17-11-13/h2,4,6,10,13,17H,3,5,7-9,11H2,1H3. The third kappa shape index (κ3) is 3.25. The molecule has 0 bridgehead atoms. The SMILES string of the molecule is Cc1cccc(-c2noc(CCC3CCCNC3)n2)c1. The molecular formula is C16H21N3O. The molecule has 0 saturated carbocycles. The van der Waals surface area contributed by atoms with Gasteiger partial charge in [-0.05, 0) is 51.3 Å². The summed E-state index contributed by atoms with van der Waals surface area (Å²) in [5, 5.41) is 7.53. The molecule has 1 atom stereocenters. The van der Waals surface area contributed by atoms with Gasteiger partial charge >= 0.3 is 0 Å². The van der Waals surface area contributed by atoms with Gasteiger partial charge in [-0.1, -0.05) is 28.9 Å². The molecule has 0 amide bonds. The Labute approximate surface area is 119 Å². The predicted octanol–water partition coefficient (Wildman–Crippen LogP) is 2.98. The van der Waals surface area contributed by atoms with Gasteiger partial charge in [-0.25, -0.2) is 0 Å². The highest BCUT2D eigenvalue weighted by molar-refractivity contribution is 5.55. The minimum Gasteiger partial charge on any atom is -0.339 e. The Morgan fingerprint density at radius 3 is 3.15 bits per heavy atom. The molecule has 1 fully saturated rings. The van der Waals surface area contributed by atoms with Crippen molar-refractivity contribution >= 4 is 0 Å². The highest BCUT2D eigenvalue weighted by atomic mass is 16.5. The van der Waals surface area contributed by atoms with E-state index in [0.29, 0.717) is 5.82 Å². The molecule has 20 heavy (non-hydrogen) atoms. The lowest BCUT2D eigenvalue weighted by atomic mass is 9.95. The summed E-state index contributed by atoms with van der Waals surface area (Å²) in [5.74, 6) is 2.20. The van der Waals surface area contributed by atoms with Crippen molar-refractivity contribution in [3.05, 3.63) is 35.7 Å². The Morgan fingerprint density at radius 2 is 2.35 bits per heavy atom. The van der Waals surface area contributed by atoms with Crippen LogP contribution < -0.4 is 5.32 Å². The van der Waals surface area contributed by atoms with E-state index in [4.69, 9.17) is 4.52 Å². The van der Waals surface area contributed by atoms with Gasteiger partial charge in [0.2, 0.25) is 11.7 Å². The molecule has 0 aliphatic carbocycles. The number of benzene rings is 1. The van der Waals surface area contributed by atoms with Gasteiger partial charge in [-0.3, -0.25) is 0 Å². The van der Waals surface area contributed by atoms with Gasteiger partial charge in [0.25, 0.3) is 0 Å². The van der Waals surface area contributed by atoms with Crippen molar-refractivity contribution in [2.45, 2.75) is 32.6 Å². The van der Waals surface area contributed by atoms with E-state index < -0.39 is 0 Å². The average molecular weight is 271 g/mol. The monoisotopic (exact) mass is 271 g/mol. The second-order valence-electron chi connectivity index (χ2n) is 5.63. The van der Waals surface area contributed by atoms with E-state index >= 15 is 0 Å². The molecule has 106 valence electrons. The summed E-state index contributed by atoms with van der Waals surface area (Å²) >= 11 is 0. The number of hydrogen-bond donors (Lipinski definition) is 1. The fourth-order valence-electron chi connectivity index (χ4n) is 2.76. The number of aromatic nitrogens is 2.